The zero-order chi connectivity index (χ0) is 24.0. The van der Waals surface area contributed by atoms with Crippen LogP contribution in [-0.2, 0) is 19.5 Å². The molecule has 9 nitrogen and oxygen atoms in total. The van der Waals surface area contributed by atoms with E-state index in [4.69, 9.17) is 0 Å². The fourth-order valence-electron chi connectivity index (χ4n) is 2.92. The Bertz CT molecular complexity index is 1270. The van der Waals surface area contributed by atoms with Gasteiger partial charge in [-0.15, -0.1) is 0 Å². The molecule has 0 aliphatic rings. The Labute approximate surface area is 190 Å². The van der Waals surface area contributed by atoms with Gasteiger partial charge >= 0.3 is 11.9 Å². The van der Waals surface area contributed by atoms with Crippen molar-refractivity contribution >= 4 is 39.2 Å². The summed E-state index contributed by atoms with van der Waals surface area (Å²) in [5, 5.41) is 2.69. The molecule has 0 atom stereocenters. The molecule has 0 unspecified atom stereocenters. The largest absolute Gasteiger partial charge is 0.465 e. The summed E-state index contributed by atoms with van der Waals surface area (Å²) in [6.45, 7) is 0. The number of para-hydroxylation sites is 2. The number of hydrogen-bond donors (Lipinski definition) is 2. The van der Waals surface area contributed by atoms with Crippen molar-refractivity contribution in [2.24, 2.45) is 0 Å². The Hall–Kier alpha value is -4.18. The number of hydrogen-bond acceptors (Lipinski definition) is 7. The average Bonchev–Trinajstić information content (AvgIpc) is 2.83. The van der Waals surface area contributed by atoms with Crippen molar-refractivity contribution in [3.05, 3.63) is 89.5 Å². The Morgan fingerprint density at radius 1 is 0.758 bits per heavy atom. The molecule has 3 aromatic carbocycles. The van der Waals surface area contributed by atoms with Gasteiger partial charge in [0.1, 0.15) is 0 Å². The number of amides is 1. The minimum absolute atomic E-state index is 0.00835. The summed E-state index contributed by atoms with van der Waals surface area (Å²) in [5.74, 6) is -2.20. The molecule has 0 spiro atoms. The van der Waals surface area contributed by atoms with Crippen molar-refractivity contribution in [2.45, 2.75) is 4.90 Å². The summed E-state index contributed by atoms with van der Waals surface area (Å²) >= 11 is 0. The van der Waals surface area contributed by atoms with E-state index in [9.17, 15) is 22.8 Å². The lowest BCUT2D eigenvalue weighted by molar-refractivity contribution is 0.0598. The Morgan fingerprint density at radius 2 is 1.30 bits per heavy atom. The van der Waals surface area contributed by atoms with Crippen molar-refractivity contribution < 1.29 is 32.3 Å². The SMILES string of the molecule is COC(=O)c1cc(C(=O)OC)cc(S(=O)(=O)Nc2ccccc2C(=O)Nc2ccccc2)c1. The van der Waals surface area contributed by atoms with E-state index in [2.05, 4.69) is 19.5 Å². The molecule has 3 rings (SSSR count). The molecule has 1 amide bonds. The third-order valence-corrected chi connectivity index (χ3v) is 5.85. The van der Waals surface area contributed by atoms with Gasteiger partial charge in [0.2, 0.25) is 0 Å². The molecule has 0 saturated heterocycles. The van der Waals surface area contributed by atoms with Crippen LogP contribution in [0.3, 0.4) is 0 Å². The minimum atomic E-state index is -4.32. The number of ether oxygens (including phenoxy) is 2. The first-order valence-electron chi connectivity index (χ1n) is 9.55. The molecule has 0 radical (unpaired) electrons. The number of sulfonamides is 1. The summed E-state index contributed by atoms with van der Waals surface area (Å²) in [5.41, 5.74) is 0.302. The molecule has 0 bridgehead atoms. The molecule has 0 aliphatic heterocycles. The quantitative estimate of drug-likeness (QED) is 0.509. The summed E-state index contributed by atoms with van der Waals surface area (Å²) in [6, 6.07) is 18.0. The van der Waals surface area contributed by atoms with E-state index in [-0.39, 0.29) is 27.3 Å². The van der Waals surface area contributed by atoms with Gasteiger partial charge in [-0.1, -0.05) is 30.3 Å². The Kier molecular flexibility index (Phi) is 7.09. The zero-order valence-electron chi connectivity index (χ0n) is 17.7. The highest BCUT2D eigenvalue weighted by atomic mass is 32.2. The Morgan fingerprint density at radius 3 is 1.88 bits per heavy atom. The third-order valence-electron chi connectivity index (χ3n) is 4.51. The van der Waals surface area contributed by atoms with Crippen molar-refractivity contribution in [3.8, 4) is 0 Å². The number of esters is 2. The lowest BCUT2D eigenvalue weighted by atomic mass is 10.1. The normalized spacial score (nSPS) is 10.7. The van der Waals surface area contributed by atoms with Gasteiger partial charge in [-0.05, 0) is 42.5 Å². The van der Waals surface area contributed by atoms with Crippen LogP contribution in [0, 0.1) is 0 Å². The van der Waals surface area contributed by atoms with Gasteiger partial charge in [-0.3, -0.25) is 9.52 Å². The number of carbonyl (C=O) groups excluding carboxylic acids is 3. The van der Waals surface area contributed by atoms with E-state index in [1.165, 1.54) is 12.1 Å². The molecule has 170 valence electrons. The van der Waals surface area contributed by atoms with Crippen LogP contribution in [0.25, 0.3) is 0 Å². The highest BCUT2D eigenvalue weighted by molar-refractivity contribution is 7.92. The molecule has 0 fully saturated rings. The van der Waals surface area contributed by atoms with Crippen LogP contribution in [0.4, 0.5) is 11.4 Å². The number of anilines is 2. The smallest absolute Gasteiger partial charge is 0.337 e. The van der Waals surface area contributed by atoms with Crippen LogP contribution in [0.1, 0.15) is 31.1 Å². The zero-order valence-corrected chi connectivity index (χ0v) is 18.5. The second kappa shape index (κ2) is 9.96. The predicted octanol–water partition coefficient (Wildman–Crippen LogP) is 3.31. The molecule has 3 aromatic rings. The first-order chi connectivity index (χ1) is 15.7. The molecule has 10 heteroatoms. The number of nitrogens with one attached hydrogen (secondary N) is 2. The molecule has 0 saturated carbocycles. The maximum Gasteiger partial charge on any atom is 0.337 e. The van der Waals surface area contributed by atoms with Crippen molar-refractivity contribution in [3.63, 3.8) is 0 Å². The van der Waals surface area contributed by atoms with Crippen LogP contribution in [-0.4, -0.2) is 40.5 Å². The van der Waals surface area contributed by atoms with Gasteiger partial charge in [0.15, 0.2) is 0 Å². The summed E-state index contributed by atoms with van der Waals surface area (Å²) < 4.78 is 37.9. The van der Waals surface area contributed by atoms with E-state index in [1.807, 2.05) is 0 Å². The van der Waals surface area contributed by atoms with Crippen LogP contribution in [0.5, 0.6) is 0 Å². The number of carbonyl (C=O) groups is 3. The highest BCUT2D eigenvalue weighted by Gasteiger charge is 2.23. The van der Waals surface area contributed by atoms with E-state index >= 15 is 0 Å². The molecule has 0 heterocycles. The molecular weight excluding hydrogens is 448 g/mol. The maximum atomic E-state index is 13.1. The number of rotatable bonds is 7. The van der Waals surface area contributed by atoms with Gasteiger partial charge < -0.3 is 14.8 Å². The van der Waals surface area contributed by atoms with E-state index < -0.39 is 27.9 Å². The lowest BCUT2D eigenvalue weighted by Gasteiger charge is -2.14. The first kappa shape index (κ1) is 23.5. The molecule has 2 N–H and O–H groups in total. The van der Waals surface area contributed by atoms with Gasteiger partial charge in [0, 0.05) is 5.69 Å². The van der Waals surface area contributed by atoms with E-state index in [0.29, 0.717) is 5.69 Å². The first-order valence-corrected chi connectivity index (χ1v) is 11.0. The summed E-state index contributed by atoms with van der Waals surface area (Å²) in [4.78, 5) is 36.3. The highest BCUT2D eigenvalue weighted by Crippen LogP contribution is 2.23. The second-order valence-electron chi connectivity index (χ2n) is 6.70. The van der Waals surface area contributed by atoms with Crippen molar-refractivity contribution in [2.75, 3.05) is 24.3 Å². The Balaban J connectivity index is 1.98. The number of methoxy groups -OCH3 is 2. The van der Waals surface area contributed by atoms with Gasteiger partial charge in [-0.25, -0.2) is 18.0 Å². The number of benzene rings is 3. The molecule has 33 heavy (non-hydrogen) atoms. The summed E-state index contributed by atoms with van der Waals surface area (Å²) in [6.07, 6.45) is 0. The third kappa shape index (κ3) is 5.55. The average molecular weight is 468 g/mol. The van der Waals surface area contributed by atoms with Gasteiger partial charge in [-0.2, -0.15) is 0 Å². The van der Waals surface area contributed by atoms with Crippen LogP contribution < -0.4 is 10.0 Å². The van der Waals surface area contributed by atoms with Gasteiger partial charge in [0.25, 0.3) is 15.9 Å². The monoisotopic (exact) mass is 468 g/mol. The molecule has 0 aromatic heterocycles. The summed E-state index contributed by atoms with van der Waals surface area (Å²) in [7, 11) is -2.06. The topological polar surface area (TPSA) is 128 Å². The van der Waals surface area contributed by atoms with Crippen LogP contribution in [0.2, 0.25) is 0 Å². The fraction of sp³-hybridized carbons (Fsp3) is 0.0870. The van der Waals surface area contributed by atoms with Gasteiger partial charge in [0.05, 0.1) is 41.5 Å². The van der Waals surface area contributed by atoms with E-state index in [0.717, 1.165) is 32.4 Å². The lowest BCUT2D eigenvalue weighted by Crippen LogP contribution is -2.19. The molecular formula is C23H20N2O7S. The second-order valence-corrected chi connectivity index (χ2v) is 8.38. The van der Waals surface area contributed by atoms with Crippen molar-refractivity contribution in [1.82, 2.24) is 0 Å². The fourth-order valence-corrected chi connectivity index (χ4v) is 4.07. The van der Waals surface area contributed by atoms with E-state index in [1.54, 1.807) is 42.5 Å². The molecule has 0 aliphatic carbocycles. The minimum Gasteiger partial charge on any atom is -0.465 e. The van der Waals surface area contributed by atoms with Crippen LogP contribution >= 0.6 is 0 Å². The van der Waals surface area contributed by atoms with Crippen LogP contribution in [0.15, 0.2) is 77.7 Å². The predicted molar refractivity (Wildman–Crippen MR) is 121 cm³/mol. The standard InChI is InChI=1S/C23H20N2O7S/c1-31-22(27)15-12-16(23(28)32-2)14-18(13-15)33(29,30)25-20-11-7-6-10-19(20)21(26)24-17-8-4-3-5-9-17/h3-14,25H,1-2H3,(H,24,26). The maximum absolute atomic E-state index is 13.1. The van der Waals surface area contributed by atoms with Crippen molar-refractivity contribution in [1.29, 1.82) is 0 Å².